The highest BCUT2D eigenvalue weighted by Crippen LogP contribution is 2.30. The number of aromatic nitrogens is 1. The number of rotatable bonds is 6. The van der Waals surface area contributed by atoms with Crippen molar-refractivity contribution in [1.29, 1.82) is 0 Å². The van der Waals surface area contributed by atoms with Crippen molar-refractivity contribution in [2.24, 2.45) is 0 Å². The summed E-state index contributed by atoms with van der Waals surface area (Å²) in [5, 5.41) is 0. The lowest BCUT2D eigenvalue weighted by Crippen LogP contribution is -2.03. The van der Waals surface area contributed by atoms with Crippen LogP contribution >= 0.6 is 0 Å². The van der Waals surface area contributed by atoms with Crippen LogP contribution in [-0.2, 0) is 0 Å². The third-order valence-electron chi connectivity index (χ3n) is 3.22. The van der Waals surface area contributed by atoms with E-state index in [1.165, 1.54) is 24.8 Å². The maximum Gasteiger partial charge on any atom is 0.216 e. The summed E-state index contributed by atoms with van der Waals surface area (Å²) in [6, 6.07) is 4.31. The molecule has 0 N–H and O–H groups in total. The Hall–Kier alpha value is -1.05. The highest BCUT2D eigenvalue weighted by Gasteiger charge is 2.14. The van der Waals surface area contributed by atoms with Gasteiger partial charge in [-0.3, -0.25) is 0 Å². The quantitative estimate of drug-likeness (QED) is 0.724. The summed E-state index contributed by atoms with van der Waals surface area (Å²) in [6.45, 7) is 8.79. The van der Waals surface area contributed by atoms with Crippen molar-refractivity contribution >= 4 is 0 Å². The second-order valence-electron chi connectivity index (χ2n) is 5.03. The van der Waals surface area contributed by atoms with E-state index in [0.29, 0.717) is 11.8 Å². The first-order valence-corrected chi connectivity index (χ1v) is 6.65. The maximum absolute atomic E-state index is 5.43. The van der Waals surface area contributed by atoms with E-state index in [9.17, 15) is 0 Å². The average molecular weight is 235 g/mol. The lowest BCUT2D eigenvalue weighted by Gasteiger charge is -2.16. The van der Waals surface area contributed by atoms with Crippen LogP contribution in [0.1, 0.15) is 70.1 Å². The predicted octanol–water partition coefficient (Wildman–Crippen LogP) is 4.51. The minimum Gasteiger partial charge on any atom is -0.481 e. The van der Waals surface area contributed by atoms with Gasteiger partial charge in [-0.15, -0.1) is 0 Å². The molecule has 1 atom stereocenters. The summed E-state index contributed by atoms with van der Waals surface area (Å²) >= 11 is 0. The third kappa shape index (κ3) is 3.72. The molecular formula is C15H25NO. The summed E-state index contributed by atoms with van der Waals surface area (Å²) in [7, 11) is 1.71. The number of nitrogens with zero attached hydrogens (tertiary/aromatic N) is 1. The van der Waals surface area contributed by atoms with Gasteiger partial charge in [0.15, 0.2) is 0 Å². The maximum atomic E-state index is 5.43. The van der Waals surface area contributed by atoms with Gasteiger partial charge in [-0.1, -0.05) is 46.6 Å². The van der Waals surface area contributed by atoms with Crippen LogP contribution in [0.2, 0.25) is 0 Å². The van der Waals surface area contributed by atoms with Crippen molar-refractivity contribution < 1.29 is 4.74 Å². The lowest BCUT2D eigenvalue weighted by molar-refractivity contribution is 0.385. The van der Waals surface area contributed by atoms with Gasteiger partial charge in [0.25, 0.3) is 0 Å². The van der Waals surface area contributed by atoms with E-state index < -0.39 is 0 Å². The summed E-state index contributed by atoms with van der Waals surface area (Å²) in [6.07, 6.45) is 3.70. The van der Waals surface area contributed by atoms with E-state index in [2.05, 4.69) is 44.8 Å². The SMILES string of the molecule is CCCCC(C)c1ccc(C(C)C)nc1OC. The minimum absolute atomic E-state index is 0.448. The molecule has 96 valence electrons. The van der Waals surface area contributed by atoms with Gasteiger partial charge in [0, 0.05) is 11.3 Å². The Morgan fingerprint density at radius 2 is 1.94 bits per heavy atom. The van der Waals surface area contributed by atoms with Crippen LogP contribution in [0.15, 0.2) is 12.1 Å². The molecule has 0 spiro atoms. The van der Waals surface area contributed by atoms with Crippen molar-refractivity contribution in [3.05, 3.63) is 23.4 Å². The first-order valence-electron chi connectivity index (χ1n) is 6.65. The monoisotopic (exact) mass is 235 g/mol. The molecule has 1 rings (SSSR count). The van der Waals surface area contributed by atoms with Crippen LogP contribution in [0.5, 0.6) is 5.88 Å². The normalized spacial score (nSPS) is 12.8. The van der Waals surface area contributed by atoms with E-state index in [1.54, 1.807) is 7.11 Å². The molecular weight excluding hydrogens is 210 g/mol. The largest absolute Gasteiger partial charge is 0.481 e. The molecule has 0 aromatic carbocycles. The molecule has 2 nitrogen and oxygen atoms in total. The standard InChI is InChI=1S/C15H25NO/c1-6-7-8-12(4)13-9-10-14(11(2)3)16-15(13)17-5/h9-12H,6-8H2,1-5H3. The van der Waals surface area contributed by atoms with E-state index in [0.717, 1.165) is 11.6 Å². The van der Waals surface area contributed by atoms with Gasteiger partial charge in [0.05, 0.1) is 7.11 Å². The van der Waals surface area contributed by atoms with Crippen LogP contribution in [0.3, 0.4) is 0 Å². The van der Waals surface area contributed by atoms with Crippen molar-refractivity contribution in [3.63, 3.8) is 0 Å². The second-order valence-corrected chi connectivity index (χ2v) is 5.03. The summed E-state index contributed by atoms with van der Waals surface area (Å²) in [5.41, 5.74) is 2.35. The Bertz CT molecular complexity index is 347. The summed E-state index contributed by atoms with van der Waals surface area (Å²) < 4.78 is 5.43. The smallest absolute Gasteiger partial charge is 0.216 e. The molecule has 0 aliphatic heterocycles. The van der Waals surface area contributed by atoms with Crippen molar-refractivity contribution in [1.82, 2.24) is 4.98 Å². The van der Waals surface area contributed by atoms with Crippen molar-refractivity contribution in [3.8, 4) is 5.88 Å². The fourth-order valence-corrected chi connectivity index (χ4v) is 1.99. The molecule has 0 radical (unpaired) electrons. The third-order valence-corrected chi connectivity index (χ3v) is 3.22. The molecule has 0 aliphatic rings. The molecule has 17 heavy (non-hydrogen) atoms. The Morgan fingerprint density at radius 3 is 2.47 bits per heavy atom. The molecule has 1 heterocycles. The summed E-state index contributed by atoms with van der Waals surface area (Å²) in [5.74, 6) is 1.78. The zero-order valence-corrected chi connectivity index (χ0v) is 11.8. The Morgan fingerprint density at radius 1 is 1.24 bits per heavy atom. The zero-order chi connectivity index (χ0) is 12.8. The first kappa shape index (κ1) is 14.0. The average Bonchev–Trinajstić information content (AvgIpc) is 2.34. The second kappa shape index (κ2) is 6.63. The van der Waals surface area contributed by atoms with Gasteiger partial charge in [-0.05, 0) is 24.3 Å². The van der Waals surface area contributed by atoms with Gasteiger partial charge in [0.1, 0.15) is 0 Å². The minimum atomic E-state index is 0.448. The lowest BCUT2D eigenvalue weighted by atomic mass is 9.95. The Kier molecular flexibility index (Phi) is 5.46. The van der Waals surface area contributed by atoms with Gasteiger partial charge < -0.3 is 4.74 Å². The summed E-state index contributed by atoms with van der Waals surface area (Å²) in [4.78, 5) is 4.60. The molecule has 0 saturated carbocycles. The Labute approximate surface area is 105 Å². The van der Waals surface area contributed by atoms with E-state index >= 15 is 0 Å². The van der Waals surface area contributed by atoms with E-state index in [-0.39, 0.29) is 0 Å². The molecule has 0 fully saturated rings. The van der Waals surface area contributed by atoms with Crippen LogP contribution in [0.25, 0.3) is 0 Å². The number of pyridine rings is 1. The van der Waals surface area contributed by atoms with Gasteiger partial charge >= 0.3 is 0 Å². The van der Waals surface area contributed by atoms with Gasteiger partial charge in [-0.2, -0.15) is 0 Å². The molecule has 2 heteroatoms. The molecule has 0 amide bonds. The molecule has 0 bridgehead atoms. The van der Waals surface area contributed by atoms with Crippen LogP contribution in [-0.4, -0.2) is 12.1 Å². The number of hydrogen-bond acceptors (Lipinski definition) is 2. The predicted molar refractivity (Wildman–Crippen MR) is 72.8 cm³/mol. The molecule has 1 aromatic heterocycles. The van der Waals surface area contributed by atoms with E-state index in [1.807, 2.05) is 0 Å². The van der Waals surface area contributed by atoms with E-state index in [4.69, 9.17) is 4.74 Å². The van der Waals surface area contributed by atoms with Crippen LogP contribution in [0.4, 0.5) is 0 Å². The van der Waals surface area contributed by atoms with Crippen LogP contribution in [0, 0.1) is 0 Å². The first-order chi connectivity index (χ1) is 8.10. The number of hydrogen-bond donors (Lipinski definition) is 0. The Balaban J connectivity index is 2.91. The highest BCUT2D eigenvalue weighted by atomic mass is 16.5. The zero-order valence-electron chi connectivity index (χ0n) is 11.8. The van der Waals surface area contributed by atoms with Gasteiger partial charge in [-0.25, -0.2) is 4.98 Å². The number of unbranched alkanes of at least 4 members (excludes halogenated alkanes) is 1. The molecule has 1 aromatic rings. The number of methoxy groups -OCH3 is 1. The number of ether oxygens (including phenoxy) is 1. The van der Waals surface area contributed by atoms with Crippen molar-refractivity contribution in [2.45, 2.75) is 58.8 Å². The highest BCUT2D eigenvalue weighted by molar-refractivity contribution is 5.32. The van der Waals surface area contributed by atoms with Crippen molar-refractivity contribution in [2.75, 3.05) is 7.11 Å². The fourth-order valence-electron chi connectivity index (χ4n) is 1.99. The topological polar surface area (TPSA) is 22.1 Å². The molecule has 0 saturated heterocycles. The fraction of sp³-hybridized carbons (Fsp3) is 0.667. The van der Waals surface area contributed by atoms with Gasteiger partial charge in [0.2, 0.25) is 5.88 Å². The molecule has 1 unspecified atom stereocenters. The molecule has 0 aliphatic carbocycles. The van der Waals surface area contributed by atoms with Crippen LogP contribution < -0.4 is 4.74 Å².